The number of imidazole rings is 1. The first-order chi connectivity index (χ1) is 16.0. The van der Waals surface area contributed by atoms with Crippen molar-refractivity contribution in [2.24, 2.45) is 0 Å². The molecule has 8 nitrogen and oxygen atoms in total. The van der Waals surface area contributed by atoms with E-state index in [-0.39, 0.29) is 29.2 Å². The summed E-state index contributed by atoms with van der Waals surface area (Å²) in [4.78, 5) is 42.5. The summed E-state index contributed by atoms with van der Waals surface area (Å²) < 4.78 is 13.7. The molecule has 0 aliphatic heterocycles. The molecule has 0 bridgehead atoms. The van der Waals surface area contributed by atoms with Crippen molar-refractivity contribution in [1.29, 1.82) is 0 Å². The fourth-order valence-electron chi connectivity index (χ4n) is 3.20. The Morgan fingerprint density at radius 2 is 2.03 bits per heavy atom. The normalized spacial score (nSPS) is 11.0. The molecule has 11 heteroatoms. The van der Waals surface area contributed by atoms with Crippen molar-refractivity contribution in [3.63, 3.8) is 0 Å². The third-order valence-electron chi connectivity index (χ3n) is 4.88. The van der Waals surface area contributed by atoms with E-state index in [4.69, 9.17) is 0 Å². The van der Waals surface area contributed by atoms with Gasteiger partial charge in [-0.2, -0.15) is 0 Å². The Bertz CT molecular complexity index is 1240. The Morgan fingerprint density at radius 1 is 1.18 bits per heavy atom. The number of fused-ring (bicyclic) bond motifs is 1. The van der Waals surface area contributed by atoms with Crippen molar-refractivity contribution in [2.45, 2.75) is 19.5 Å². The minimum atomic E-state index is -0.474. The van der Waals surface area contributed by atoms with Crippen LogP contribution in [0.5, 0.6) is 0 Å². The molecule has 0 saturated carbocycles. The van der Waals surface area contributed by atoms with Crippen molar-refractivity contribution in [2.75, 3.05) is 11.9 Å². The van der Waals surface area contributed by atoms with Crippen LogP contribution in [0.15, 0.2) is 48.0 Å². The number of pyridine rings is 1. The summed E-state index contributed by atoms with van der Waals surface area (Å²) in [5.74, 6) is -0.246. The lowest BCUT2D eigenvalue weighted by molar-refractivity contribution is -0.128. The summed E-state index contributed by atoms with van der Waals surface area (Å²) in [6, 6.07) is 10.5. The summed E-state index contributed by atoms with van der Waals surface area (Å²) in [6.45, 7) is 0.742. The number of aromatic nitrogens is 4. The number of hydrogen-bond acceptors (Lipinski definition) is 6. The molecule has 33 heavy (non-hydrogen) atoms. The summed E-state index contributed by atoms with van der Waals surface area (Å²) in [5, 5.41) is 5.20. The minimum Gasteiger partial charge on any atom is -0.345 e. The van der Waals surface area contributed by atoms with Gasteiger partial charge in [0.1, 0.15) is 17.3 Å². The largest absolute Gasteiger partial charge is 0.345 e. The zero-order valence-electron chi connectivity index (χ0n) is 17.4. The van der Waals surface area contributed by atoms with E-state index < -0.39 is 11.7 Å². The van der Waals surface area contributed by atoms with Gasteiger partial charge in [-0.15, -0.1) is 11.3 Å². The number of H-pyrrole nitrogens is 1. The van der Waals surface area contributed by atoms with Gasteiger partial charge in [-0.3, -0.25) is 14.6 Å². The fourth-order valence-corrected chi connectivity index (χ4v) is 4.32. The van der Waals surface area contributed by atoms with Crippen LogP contribution in [0.1, 0.15) is 27.0 Å². The number of rotatable bonds is 9. The number of para-hydroxylation sites is 2. The Morgan fingerprint density at radius 3 is 2.82 bits per heavy atom. The Labute approximate surface area is 201 Å². The van der Waals surface area contributed by atoms with Gasteiger partial charge in [-0.1, -0.05) is 28.1 Å². The second-order valence-electron chi connectivity index (χ2n) is 7.14. The van der Waals surface area contributed by atoms with Crippen LogP contribution in [0.3, 0.4) is 0 Å². The van der Waals surface area contributed by atoms with E-state index in [0.717, 1.165) is 16.0 Å². The van der Waals surface area contributed by atoms with E-state index in [0.29, 0.717) is 25.3 Å². The zero-order valence-corrected chi connectivity index (χ0v) is 19.8. The van der Waals surface area contributed by atoms with Crippen LogP contribution >= 0.6 is 27.3 Å². The van der Waals surface area contributed by atoms with E-state index in [1.807, 2.05) is 24.3 Å². The average molecular weight is 531 g/mol. The van der Waals surface area contributed by atoms with Crippen LogP contribution in [-0.2, 0) is 24.3 Å². The second kappa shape index (κ2) is 10.6. The molecule has 0 spiro atoms. The highest BCUT2D eigenvalue weighted by molar-refractivity contribution is 9.09. The molecule has 170 valence electrons. The number of hydrogen-bond donors (Lipinski definition) is 2. The average Bonchev–Trinajstić information content (AvgIpc) is 3.47. The van der Waals surface area contributed by atoms with Gasteiger partial charge in [0, 0.05) is 24.5 Å². The Kier molecular flexibility index (Phi) is 7.40. The number of nitrogens with one attached hydrogen (secondary N) is 2. The number of thiazole rings is 1. The molecule has 1 aromatic carbocycles. The molecule has 4 rings (SSSR count). The lowest BCUT2D eigenvalue weighted by Gasteiger charge is -2.20. The molecule has 2 amide bonds. The van der Waals surface area contributed by atoms with Crippen molar-refractivity contribution < 1.29 is 14.0 Å². The van der Waals surface area contributed by atoms with E-state index >= 15 is 0 Å². The smallest absolute Gasteiger partial charge is 0.271 e. The molecular formula is C22H20BrFN6O2S. The predicted molar refractivity (Wildman–Crippen MR) is 126 cm³/mol. The van der Waals surface area contributed by atoms with Gasteiger partial charge in [0.2, 0.25) is 5.91 Å². The number of benzene rings is 1. The van der Waals surface area contributed by atoms with Gasteiger partial charge >= 0.3 is 0 Å². The van der Waals surface area contributed by atoms with Gasteiger partial charge in [-0.25, -0.2) is 14.4 Å². The van der Waals surface area contributed by atoms with Gasteiger partial charge in [0.15, 0.2) is 0 Å². The van der Waals surface area contributed by atoms with Crippen molar-refractivity contribution in [1.82, 2.24) is 30.2 Å². The van der Waals surface area contributed by atoms with E-state index in [1.54, 1.807) is 10.3 Å². The summed E-state index contributed by atoms with van der Waals surface area (Å²) >= 11 is 4.57. The maximum atomic E-state index is 13.7. The highest BCUT2D eigenvalue weighted by Gasteiger charge is 2.17. The van der Waals surface area contributed by atoms with Crippen molar-refractivity contribution >= 4 is 50.1 Å². The Balaban J connectivity index is 1.35. The van der Waals surface area contributed by atoms with Gasteiger partial charge in [0.05, 0.1) is 40.2 Å². The molecule has 0 atom stereocenters. The lowest BCUT2D eigenvalue weighted by atomic mass is 10.3. The van der Waals surface area contributed by atoms with Crippen LogP contribution in [-0.4, -0.2) is 48.5 Å². The third-order valence-corrected chi connectivity index (χ3v) is 6.27. The molecule has 0 radical (unpaired) electrons. The molecule has 0 aliphatic rings. The molecule has 0 fully saturated rings. The van der Waals surface area contributed by atoms with Crippen molar-refractivity contribution in [3.05, 3.63) is 76.0 Å². The van der Waals surface area contributed by atoms with E-state index in [9.17, 15) is 14.0 Å². The molecule has 0 saturated heterocycles. The maximum absolute atomic E-state index is 13.7. The van der Waals surface area contributed by atoms with Crippen LogP contribution in [0.2, 0.25) is 0 Å². The van der Waals surface area contributed by atoms with Gasteiger partial charge < -0.3 is 15.2 Å². The van der Waals surface area contributed by atoms with E-state index in [2.05, 4.69) is 41.2 Å². The topological polar surface area (TPSA) is 104 Å². The second-order valence-corrected chi connectivity index (χ2v) is 8.64. The molecule has 0 aliphatic carbocycles. The highest BCUT2D eigenvalue weighted by Crippen LogP contribution is 2.15. The number of carbonyl (C=O) groups is 2. The molecule has 4 aromatic rings. The van der Waals surface area contributed by atoms with Crippen LogP contribution in [0.4, 0.5) is 4.39 Å². The Hall–Kier alpha value is -3.18. The van der Waals surface area contributed by atoms with Crippen LogP contribution < -0.4 is 5.32 Å². The fraction of sp³-hybridized carbons (Fsp3) is 0.227. The summed E-state index contributed by atoms with van der Waals surface area (Å²) in [6.07, 6.45) is 1.96. The predicted octanol–water partition coefficient (Wildman–Crippen LogP) is 3.45. The van der Waals surface area contributed by atoms with Crippen molar-refractivity contribution in [3.8, 4) is 0 Å². The minimum absolute atomic E-state index is 0.0244. The van der Waals surface area contributed by atoms with Crippen LogP contribution in [0.25, 0.3) is 11.0 Å². The number of halogens is 2. The van der Waals surface area contributed by atoms with Gasteiger partial charge in [-0.05, 0) is 24.3 Å². The first-order valence-corrected chi connectivity index (χ1v) is 12.1. The molecular weight excluding hydrogens is 511 g/mol. The lowest BCUT2D eigenvalue weighted by Crippen LogP contribution is -2.33. The summed E-state index contributed by atoms with van der Waals surface area (Å²) in [5.41, 5.74) is 2.18. The number of aromatic amines is 1. The zero-order chi connectivity index (χ0) is 23.2. The van der Waals surface area contributed by atoms with E-state index in [1.165, 1.54) is 29.7 Å². The quantitative estimate of drug-likeness (QED) is 0.322. The highest BCUT2D eigenvalue weighted by atomic mass is 79.9. The van der Waals surface area contributed by atoms with Gasteiger partial charge in [0.25, 0.3) is 5.91 Å². The third kappa shape index (κ3) is 5.79. The maximum Gasteiger partial charge on any atom is 0.271 e. The number of nitrogens with zero attached hydrogens (tertiary/aromatic N) is 4. The first kappa shape index (κ1) is 23.0. The summed E-state index contributed by atoms with van der Waals surface area (Å²) in [7, 11) is 0. The molecule has 3 aromatic heterocycles. The van der Waals surface area contributed by atoms with Crippen LogP contribution in [0, 0.1) is 5.82 Å². The molecule has 3 heterocycles. The monoisotopic (exact) mass is 530 g/mol. The number of alkyl halides is 1. The molecule has 2 N–H and O–H groups in total. The standard InChI is InChI=1S/C22H20BrFN6O2S/c23-10-21(31)30(12-19-27-15-5-1-2-6-16(15)28-19)9-7-20-29-18(13-33-20)22(32)26-11-17-14(24)4-3-8-25-17/h1-6,8,13H,7,9-12H2,(H,26,32)(H,27,28). The molecule has 0 unspecified atom stereocenters. The first-order valence-electron chi connectivity index (χ1n) is 10.1. The number of amides is 2. The SMILES string of the molecule is O=C(NCc1ncccc1F)c1csc(CCN(Cc2nc3ccccc3[nH]2)C(=O)CBr)n1. The number of carbonyl (C=O) groups excluding carboxylic acids is 2.